The summed E-state index contributed by atoms with van der Waals surface area (Å²) in [6.07, 6.45) is -4.32. The topological polar surface area (TPSA) is 53.9 Å². The number of anilines is 1. The minimum Gasteiger partial charge on any atom is -0.442 e. The number of alkyl halides is 3. The normalized spacial score (nSPS) is 24.5. The van der Waals surface area contributed by atoms with Crippen molar-refractivity contribution < 1.29 is 22.7 Å². The molecule has 2 aliphatic rings. The van der Waals surface area contributed by atoms with Gasteiger partial charge in [0.1, 0.15) is 12.3 Å². The Kier molecular flexibility index (Phi) is 3.69. The largest absolute Gasteiger partial charge is 0.442 e. The van der Waals surface area contributed by atoms with E-state index in [4.69, 9.17) is 4.74 Å². The molecule has 2 atom stereocenters. The number of carbonyl (C=O) groups excluding carboxylic acids is 1. The number of ether oxygens (including phenoxy) is 1. The fraction of sp³-hybridized carbons (Fsp3) is 0.467. The van der Waals surface area contributed by atoms with Crippen LogP contribution in [0.5, 0.6) is 0 Å². The first-order valence-corrected chi connectivity index (χ1v) is 7.26. The van der Waals surface area contributed by atoms with Crippen molar-refractivity contribution in [3.63, 3.8) is 0 Å². The molecule has 23 heavy (non-hydrogen) atoms. The first-order valence-electron chi connectivity index (χ1n) is 7.26. The molecule has 2 heterocycles. The molecule has 0 unspecified atom stereocenters. The van der Waals surface area contributed by atoms with Gasteiger partial charge in [-0.2, -0.15) is 18.3 Å². The van der Waals surface area contributed by atoms with E-state index in [0.29, 0.717) is 0 Å². The van der Waals surface area contributed by atoms with Crippen molar-refractivity contribution in [1.29, 1.82) is 0 Å². The first-order chi connectivity index (χ1) is 10.8. The Bertz CT molecular complexity index is 664. The number of cyclic esters (lactones) is 1. The fourth-order valence-corrected chi connectivity index (χ4v) is 3.12. The van der Waals surface area contributed by atoms with Gasteiger partial charge >= 0.3 is 12.3 Å². The van der Waals surface area contributed by atoms with Crippen molar-refractivity contribution in [3.8, 4) is 0 Å². The summed E-state index contributed by atoms with van der Waals surface area (Å²) in [7, 11) is 0. The van der Waals surface area contributed by atoms with Crippen molar-refractivity contribution in [3.05, 3.63) is 29.3 Å². The Morgan fingerprint density at radius 3 is 2.52 bits per heavy atom. The minimum absolute atomic E-state index is 0.0755. The number of nitrogens with zero attached hydrogens (tertiary/aromatic N) is 2. The first kappa shape index (κ1) is 15.6. The van der Waals surface area contributed by atoms with E-state index in [1.165, 1.54) is 6.07 Å². The van der Waals surface area contributed by atoms with Crippen LogP contribution in [0.4, 0.5) is 23.7 Å². The second-order valence-electron chi connectivity index (χ2n) is 5.82. The van der Waals surface area contributed by atoms with Crippen LogP contribution in [-0.4, -0.2) is 30.5 Å². The number of hydrazone groups is 1. The number of carbonyl (C=O) groups is 1. The predicted molar refractivity (Wildman–Crippen MR) is 78.5 cm³/mol. The summed E-state index contributed by atoms with van der Waals surface area (Å²) in [4.78, 5) is 12.7. The number of nitrogens with one attached hydrogen (secondary N) is 1. The van der Waals surface area contributed by atoms with E-state index in [0.717, 1.165) is 12.5 Å². The lowest BCUT2D eigenvalue weighted by Crippen LogP contribution is -2.53. The second-order valence-corrected chi connectivity index (χ2v) is 5.82. The third-order valence-corrected chi connectivity index (χ3v) is 4.17. The van der Waals surface area contributed by atoms with Gasteiger partial charge in [0.25, 0.3) is 0 Å². The summed E-state index contributed by atoms with van der Waals surface area (Å²) in [6, 6.07) is 4.25. The smallest absolute Gasteiger partial charge is 0.428 e. The second kappa shape index (κ2) is 5.43. The average Bonchev–Trinajstić information content (AvgIpc) is 2.47. The third kappa shape index (κ3) is 2.85. The Morgan fingerprint density at radius 2 is 2.00 bits per heavy atom. The van der Waals surface area contributed by atoms with Gasteiger partial charge in [0.15, 0.2) is 0 Å². The van der Waals surface area contributed by atoms with Crippen LogP contribution in [0.2, 0.25) is 0 Å². The molecular formula is C15H16F3N3O2. The maximum Gasteiger partial charge on any atom is 0.428 e. The summed E-state index contributed by atoms with van der Waals surface area (Å²) < 4.78 is 45.1. The van der Waals surface area contributed by atoms with E-state index in [2.05, 4.69) is 10.5 Å². The zero-order chi connectivity index (χ0) is 16.8. The SMILES string of the molecule is C[C@H]1C[C@H](C)N1c1ccc(C2=NNC(=O)OC2)cc1C(F)(F)F. The Hall–Kier alpha value is -2.25. The average molecular weight is 327 g/mol. The van der Waals surface area contributed by atoms with Crippen LogP contribution >= 0.6 is 0 Å². The monoisotopic (exact) mass is 327 g/mol. The van der Waals surface area contributed by atoms with Crippen LogP contribution in [0, 0.1) is 0 Å². The Labute approximate surface area is 131 Å². The molecule has 8 heteroatoms. The highest BCUT2D eigenvalue weighted by Gasteiger charge is 2.40. The molecule has 1 aromatic carbocycles. The summed E-state index contributed by atoms with van der Waals surface area (Å²) in [5.74, 6) is 0. The molecule has 0 radical (unpaired) electrons. The zero-order valence-electron chi connectivity index (χ0n) is 12.6. The number of hydrogen-bond donors (Lipinski definition) is 1. The van der Waals surface area contributed by atoms with E-state index in [1.807, 2.05) is 13.8 Å². The van der Waals surface area contributed by atoms with Gasteiger partial charge in [-0.3, -0.25) is 0 Å². The molecule has 1 amide bonds. The van der Waals surface area contributed by atoms with Crippen LogP contribution in [0.25, 0.3) is 0 Å². The highest BCUT2D eigenvalue weighted by Crippen LogP contribution is 2.42. The van der Waals surface area contributed by atoms with Gasteiger partial charge in [-0.05, 0) is 32.4 Å². The standard InChI is InChI=1S/C15H16F3N3O2/c1-8-5-9(2)21(8)13-4-3-10(6-11(13)15(16,17)18)12-7-23-14(22)20-19-12/h3-4,6,8-9H,5,7H2,1-2H3,(H,20,22)/t8-,9-/m0/s1. The predicted octanol–water partition coefficient (Wildman–Crippen LogP) is 3.14. The quantitative estimate of drug-likeness (QED) is 0.908. The van der Waals surface area contributed by atoms with E-state index in [1.54, 1.807) is 11.0 Å². The molecule has 1 aromatic rings. The summed E-state index contributed by atoms with van der Waals surface area (Å²) in [5.41, 5.74) is 2.11. The molecule has 3 rings (SSSR count). The van der Waals surface area contributed by atoms with Crippen LogP contribution in [0.1, 0.15) is 31.4 Å². The minimum atomic E-state index is -4.47. The number of hydrogen-bond acceptors (Lipinski definition) is 4. The number of benzene rings is 1. The van der Waals surface area contributed by atoms with Gasteiger partial charge in [0.05, 0.1) is 5.56 Å². The summed E-state index contributed by atoms with van der Waals surface area (Å²) >= 11 is 0. The third-order valence-electron chi connectivity index (χ3n) is 4.17. The lowest BCUT2D eigenvalue weighted by molar-refractivity contribution is -0.137. The van der Waals surface area contributed by atoms with Crippen molar-refractivity contribution in [2.24, 2.45) is 5.10 Å². The van der Waals surface area contributed by atoms with Crippen molar-refractivity contribution in [2.75, 3.05) is 11.5 Å². The van der Waals surface area contributed by atoms with Crippen molar-refractivity contribution >= 4 is 17.5 Å². The highest BCUT2D eigenvalue weighted by atomic mass is 19.4. The van der Waals surface area contributed by atoms with Crippen molar-refractivity contribution in [1.82, 2.24) is 5.43 Å². The van der Waals surface area contributed by atoms with Gasteiger partial charge in [-0.25, -0.2) is 10.2 Å². The summed E-state index contributed by atoms with van der Waals surface area (Å²) in [5, 5.41) is 3.75. The van der Waals surface area contributed by atoms with Crippen molar-refractivity contribution in [2.45, 2.75) is 38.5 Å². The van der Waals surface area contributed by atoms with E-state index >= 15 is 0 Å². The van der Waals surface area contributed by atoms with Gasteiger partial charge in [-0.15, -0.1) is 0 Å². The molecule has 5 nitrogen and oxygen atoms in total. The molecule has 2 aliphatic heterocycles. The molecule has 124 valence electrons. The number of halogens is 3. The maximum absolute atomic E-state index is 13.5. The number of amides is 1. The highest BCUT2D eigenvalue weighted by molar-refractivity contribution is 6.04. The maximum atomic E-state index is 13.5. The molecule has 0 spiro atoms. The molecular weight excluding hydrogens is 311 g/mol. The fourth-order valence-electron chi connectivity index (χ4n) is 3.12. The van der Waals surface area contributed by atoms with E-state index in [9.17, 15) is 18.0 Å². The molecule has 0 aromatic heterocycles. The molecule has 0 bridgehead atoms. The van der Waals surface area contributed by atoms with Gasteiger partial charge in [0.2, 0.25) is 0 Å². The number of rotatable bonds is 2. The van der Waals surface area contributed by atoms with Crippen LogP contribution < -0.4 is 10.3 Å². The van der Waals surface area contributed by atoms with Crippen LogP contribution in [0.15, 0.2) is 23.3 Å². The van der Waals surface area contributed by atoms with Gasteiger partial charge in [0, 0.05) is 23.3 Å². The van der Waals surface area contributed by atoms with Gasteiger partial charge < -0.3 is 9.64 Å². The zero-order valence-corrected chi connectivity index (χ0v) is 12.6. The Morgan fingerprint density at radius 1 is 1.30 bits per heavy atom. The Balaban J connectivity index is 2.01. The van der Waals surface area contributed by atoms with Crippen LogP contribution in [0.3, 0.4) is 0 Å². The van der Waals surface area contributed by atoms with E-state index in [-0.39, 0.29) is 35.7 Å². The molecule has 0 saturated carbocycles. The molecule has 1 fully saturated rings. The molecule has 1 N–H and O–H groups in total. The lowest BCUT2D eigenvalue weighted by atomic mass is 9.92. The van der Waals surface area contributed by atoms with Crippen LogP contribution in [-0.2, 0) is 10.9 Å². The summed E-state index contributed by atoms with van der Waals surface area (Å²) in [6.45, 7) is 3.66. The molecule has 1 saturated heterocycles. The van der Waals surface area contributed by atoms with E-state index < -0.39 is 17.8 Å². The molecule has 0 aliphatic carbocycles. The van der Waals surface area contributed by atoms with Gasteiger partial charge in [-0.1, -0.05) is 6.07 Å². The lowest BCUT2D eigenvalue weighted by Gasteiger charge is -2.48.